The SMILES string of the molecule is Cc1ccc(CNC(=O)NCc2coc(-c3ccc(C)cc3)n2)cc1. The number of amides is 2. The molecule has 0 aliphatic rings. The molecule has 0 bridgehead atoms. The van der Waals surface area contributed by atoms with Crippen molar-refractivity contribution < 1.29 is 9.21 Å². The van der Waals surface area contributed by atoms with Gasteiger partial charge in [0.05, 0.1) is 12.2 Å². The molecule has 5 nitrogen and oxygen atoms in total. The summed E-state index contributed by atoms with van der Waals surface area (Å²) in [5, 5.41) is 5.61. The Bertz CT molecular complexity index is 836. The predicted octanol–water partition coefficient (Wildman–Crippen LogP) is 3.96. The van der Waals surface area contributed by atoms with Gasteiger partial charge in [-0.1, -0.05) is 47.5 Å². The van der Waals surface area contributed by atoms with Crippen LogP contribution in [0.1, 0.15) is 22.4 Å². The molecule has 0 saturated carbocycles. The van der Waals surface area contributed by atoms with E-state index in [2.05, 4.69) is 15.6 Å². The molecule has 0 aliphatic heterocycles. The fourth-order valence-corrected chi connectivity index (χ4v) is 2.34. The van der Waals surface area contributed by atoms with Gasteiger partial charge < -0.3 is 15.1 Å². The van der Waals surface area contributed by atoms with E-state index in [-0.39, 0.29) is 6.03 Å². The first-order chi connectivity index (χ1) is 12.1. The number of carbonyl (C=O) groups excluding carboxylic acids is 1. The number of rotatable bonds is 5. The molecule has 1 heterocycles. The lowest BCUT2D eigenvalue weighted by Crippen LogP contribution is -2.34. The van der Waals surface area contributed by atoms with E-state index in [1.54, 1.807) is 6.26 Å². The maximum atomic E-state index is 11.9. The molecule has 0 unspecified atom stereocenters. The molecule has 1 aromatic heterocycles. The van der Waals surface area contributed by atoms with E-state index in [1.807, 2.05) is 62.4 Å². The van der Waals surface area contributed by atoms with Gasteiger partial charge in [0.15, 0.2) is 0 Å². The summed E-state index contributed by atoms with van der Waals surface area (Å²) < 4.78 is 5.48. The normalized spacial score (nSPS) is 10.5. The lowest BCUT2D eigenvalue weighted by Gasteiger charge is -2.06. The van der Waals surface area contributed by atoms with E-state index >= 15 is 0 Å². The Balaban J connectivity index is 1.49. The molecule has 3 rings (SSSR count). The Kier molecular flexibility index (Phi) is 5.14. The van der Waals surface area contributed by atoms with Crippen LogP contribution in [0.3, 0.4) is 0 Å². The highest BCUT2D eigenvalue weighted by molar-refractivity contribution is 5.73. The minimum atomic E-state index is -0.236. The van der Waals surface area contributed by atoms with Crippen LogP contribution in [0.5, 0.6) is 0 Å². The predicted molar refractivity (Wildman–Crippen MR) is 96.9 cm³/mol. The Morgan fingerprint density at radius 1 is 0.920 bits per heavy atom. The fourth-order valence-electron chi connectivity index (χ4n) is 2.34. The van der Waals surface area contributed by atoms with Gasteiger partial charge in [-0.2, -0.15) is 0 Å². The van der Waals surface area contributed by atoms with Gasteiger partial charge >= 0.3 is 6.03 Å². The van der Waals surface area contributed by atoms with Crippen LogP contribution in [0.4, 0.5) is 4.79 Å². The quantitative estimate of drug-likeness (QED) is 0.742. The molecular weight excluding hydrogens is 314 g/mol. The van der Waals surface area contributed by atoms with Crippen molar-refractivity contribution in [1.29, 1.82) is 0 Å². The Morgan fingerprint density at radius 3 is 2.20 bits per heavy atom. The number of urea groups is 1. The van der Waals surface area contributed by atoms with Crippen molar-refractivity contribution >= 4 is 6.03 Å². The molecule has 2 N–H and O–H groups in total. The van der Waals surface area contributed by atoms with Crippen LogP contribution < -0.4 is 10.6 Å². The second-order valence-electron chi connectivity index (χ2n) is 6.03. The van der Waals surface area contributed by atoms with Crippen LogP contribution in [0.2, 0.25) is 0 Å². The first kappa shape index (κ1) is 16.8. The third kappa shape index (κ3) is 4.70. The number of nitrogens with one attached hydrogen (secondary N) is 2. The zero-order valence-electron chi connectivity index (χ0n) is 14.4. The average Bonchev–Trinajstić information content (AvgIpc) is 3.09. The largest absolute Gasteiger partial charge is 0.444 e. The van der Waals surface area contributed by atoms with Crippen molar-refractivity contribution in [3.05, 3.63) is 77.2 Å². The van der Waals surface area contributed by atoms with E-state index in [9.17, 15) is 4.79 Å². The fraction of sp³-hybridized carbons (Fsp3) is 0.200. The van der Waals surface area contributed by atoms with Crippen molar-refractivity contribution in [3.63, 3.8) is 0 Å². The van der Waals surface area contributed by atoms with Crippen molar-refractivity contribution in [1.82, 2.24) is 15.6 Å². The summed E-state index contributed by atoms with van der Waals surface area (Å²) in [7, 11) is 0. The van der Waals surface area contributed by atoms with Crippen LogP contribution in [0, 0.1) is 13.8 Å². The lowest BCUT2D eigenvalue weighted by molar-refractivity contribution is 0.240. The monoisotopic (exact) mass is 335 g/mol. The van der Waals surface area contributed by atoms with Crippen molar-refractivity contribution in [3.8, 4) is 11.5 Å². The number of hydrogen-bond acceptors (Lipinski definition) is 3. The molecule has 0 aliphatic carbocycles. The topological polar surface area (TPSA) is 67.2 Å². The van der Waals surface area contributed by atoms with Gasteiger partial charge in [0.2, 0.25) is 5.89 Å². The Morgan fingerprint density at radius 2 is 1.52 bits per heavy atom. The van der Waals surface area contributed by atoms with Gasteiger partial charge in [0, 0.05) is 12.1 Å². The first-order valence-corrected chi connectivity index (χ1v) is 8.19. The van der Waals surface area contributed by atoms with Crippen LogP contribution in [0.15, 0.2) is 59.2 Å². The molecule has 2 amide bonds. The number of aromatic nitrogens is 1. The highest BCUT2D eigenvalue weighted by atomic mass is 16.3. The summed E-state index contributed by atoms with van der Waals surface area (Å²) in [6.45, 7) is 4.87. The summed E-state index contributed by atoms with van der Waals surface area (Å²) in [4.78, 5) is 16.3. The zero-order valence-corrected chi connectivity index (χ0v) is 14.4. The van der Waals surface area contributed by atoms with Crippen molar-refractivity contribution in [2.75, 3.05) is 0 Å². The maximum Gasteiger partial charge on any atom is 0.315 e. The van der Waals surface area contributed by atoms with Gasteiger partial charge in [0.1, 0.15) is 6.26 Å². The van der Waals surface area contributed by atoms with Gasteiger partial charge in [-0.25, -0.2) is 9.78 Å². The molecule has 0 spiro atoms. The number of hydrogen-bond donors (Lipinski definition) is 2. The van der Waals surface area contributed by atoms with E-state index < -0.39 is 0 Å². The smallest absolute Gasteiger partial charge is 0.315 e. The summed E-state index contributed by atoms with van der Waals surface area (Å²) in [5.41, 5.74) is 5.04. The minimum absolute atomic E-state index is 0.236. The standard InChI is InChI=1S/C20H21N3O2/c1-14-3-7-16(8-4-14)11-21-20(24)22-12-18-13-25-19(23-18)17-9-5-15(2)6-10-17/h3-10,13H,11-12H2,1-2H3,(H2,21,22,24). The molecule has 0 saturated heterocycles. The summed E-state index contributed by atoms with van der Waals surface area (Å²) in [6.07, 6.45) is 1.56. The third-order valence-corrected chi connectivity index (χ3v) is 3.85. The van der Waals surface area contributed by atoms with Crippen LogP contribution in [0.25, 0.3) is 11.5 Å². The van der Waals surface area contributed by atoms with Crippen LogP contribution in [-0.2, 0) is 13.1 Å². The molecule has 5 heteroatoms. The first-order valence-electron chi connectivity index (χ1n) is 8.19. The molecule has 25 heavy (non-hydrogen) atoms. The summed E-state index contributed by atoms with van der Waals surface area (Å²) in [6, 6.07) is 15.8. The van der Waals surface area contributed by atoms with Gasteiger partial charge in [0.25, 0.3) is 0 Å². The van der Waals surface area contributed by atoms with E-state index in [1.165, 1.54) is 11.1 Å². The molecule has 0 radical (unpaired) electrons. The maximum absolute atomic E-state index is 11.9. The Hall–Kier alpha value is -3.08. The number of benzene rings is 2. The molecule has 2 aromatic carbocycles. The molecule has 3 aromatic rings. The highest BCUT2D eigenvalue weighted by Crippen LogP contribution is 2.18. The number of carbonyl (C=O) groups is 1. The highest BCUT2D eigenvalue weighted by Gasteiger charge is 2.08. The second-order valence-corrected chi connectivity index (χ2v) is 6.03. The number of aryl methyl sites for hydroxylation is 2. The number of oxazole rings is 1. The van der Waals surface area contributed by atoms with Crippen molar-refractivity contribution in [2.45, 2.75) is 26.9 Å². The number of nitrogens with zero attached hydrogens (tertiary/aromatic N) is 1. The summed E-state index contributed by atoms with van der Waals surface area (Å²) >= 11 is 0. The summed E-state index contributed by atoms with van der Waals surface area (Å²) in [5.74, 6) is 0.553. The average molecular weight is 335 g/mol. The molecule has 128 valence electrons. The van der Waals surface area contributed by atoms with Crippen LogP contribution in [-0.4, -0.2) is 11.0 Å². The second kappa shape index (κ2) is 7.66. The van der Waals surface area contributed by atoms with Crippen molar-refractivity contribution in [2.24, 2.45) is 0 Å². The molecule has 0 fully saturated rings. The van der Waals surface area contributed by atoms with Gasteiger partial charge in [-0.3, -0.25) is 0 Å². The zero-order chi connectivity index (χ0) is 17.6. The van der Waals surface area contributed by atoms with E-state index in [0.717, 1.165) is 11.1 Å². The van der Waals surface area contributed by atoms with E-state index in [4.69, 9.17) is 4.42 Å². The Labute approximate surface area is 147 Å². The van der Waals surface area contributed by atoms with E-state index in [0.29, 0.717) is 24.7 Å². The van der Waals surface area contributed by atoms with Gasteiger partial charge in [-0.15, -0.1) is 0 Å². The third-order valence-electron chi connectivity index (χ3n) is 3.85. The molecular formula is C20H21N3O2. The van der Waals surface area contributed by atoms with Crippen LogP contribution >= 0.6 is 0 Å². The van der Waals surface area contributed by atoms with Gasteiger partial charge in [-0.05, 0) is 31.5 Å². The lowest BCUT2D eigenvalue weighted by atomic mass is 10.1. The minimum Gasteiger partial charge on any atom is -0.444 e. The molecule has 0 atom stereocenters.